The molecule has 31 heavy (non-hydrogen) atoms. The van der Waals surface area contributed by atoms with Crippen molar-refractivity contribution >= 4 is 29.1 Å². The Balaban J connectivity index is 1.74. The maximum absolute atomic E-state index is 14.7. The van der Waals surface area contributed by atoms with Gasteiger partial charge in [0.15, 0.2) is 6.04 Å². The smallest absolute Gasteiger partial charge is 0.253 e. The average molecular weight is 435 g/mol. The number of amides is 3. The number of morpholine rings is 1. The van der Waals surface area contributed by atoms with Gasteiger partial charge in [0, 0.05) is 25.3 Å². The number of rotatable bonds is 9. The number of carbonyl (C=O) groups is 3. The molecule has 0 bridgehead atoms. The first-order chi connectivity index (χ1) is 14.8. The van der Waals surface area contributed by atoms with Gasteiger partial charge in [0.05, 0.1) is 12.3 Å². The normalized spacial score (nSPS) is 18.2. The second kappa shape index (κ2) is 10.2. The fraction of sp³-hybridized carbons (Fsp3) is 0.591. The highest BCUT2D eigenvalue weighted by atomic mass is 19.1. The Kier molecular flexibility index (Phi) is 7.61. The fourth-order valence-electron chi connectivity index (χ4n) is 4.02. The number of benzene rings is 1. The minimum absolute atomic E-state index is 0.0924. The first-order valence-corrected chi connectivity index (χ1v) is 10.8. The number of hydrogen-bond donors (Lipinski definition) is 2. The molecule has 9 heteroatoms. The number of anilines is 2. The lowest BCUT2D eigenvalue weighted by Crippen LogP contribution is -2.54. The molecule has 0 aromatic heterocycles. The minimum atomic E-state index is -1.13. The molecule has 0 spiro atoms. The Labute approximate surface area is 181 Å². The highest BCUT2D eigenvalue weighted by Gasteiger charge is 2.34. The van der Waals surface area contributed by atoms with Crippen LogP contribution in [0, 0.1) is 17.7 Å². The Hall–Kier alpha value is -2.52. The van der Waals surface area contributed by atoms with Crippen molar-refractivity contribution in [3.8, 4) is 0 Å². The van der Waals surface area contributed by atoms with E-state index < -0.39 is 23.7 Å². The summed E-state index contributed by atoms with van der Waals surface area (Å²) in [5.41, 5.74) is 5.93. The Morgan fingerprint density at radius 1 is 1.35 bits per heavy atom. The van der Waals surface area contributed by atoms with Gasteiger partial charge in [0.25, 0.3) is 11.8 Å². The molecule has 2 aliphatic rings. The van der Waals surface area contributed by atoms with Crippen molar-refractivity contribution < 1.29 is 23.5 Å². The molecule has 1 heterocycles. The predicted molar refractivity (Wildman–Crippen MR) is 115 cm³/mol. The van der Waals surface area contributed by atoms with E-state index in [1.165, 1.54) is 17.0 Å². The lowest BCUT2D eigenvalue weighted by atomic mass is 9.84. The monoisotopic (exact) mass is 434 g/mol. The maximum Gasteiger partial charge on any atom is 0.253 e. The lowest BCUT2D eigenvalue weighted by Gasteiger charge is -2.36. The van der Waals surface area contributed by atoms with Crippen LogP contribution in [0.3, 0.4) is 0 Å². The number of nitrogens with one attached hydrogen (secondary N) is 1. The van der Waals surface area contributed by atoms with Crippen LogP contribution in [0.2, 0.25) is 0 Å². The van der Waals surface area contributed by atoms with E-state index in [1.54, 1.807) is 0 Å². The molecule has 2 fully saturated rings. The van der Waals surface area contributed by atoms with Crippen molar-refractivity contribution in [3.05, 3.63) is 24.0 Å². The minimum Gasteiger partial charge on any atom is -0.370 e. The summed E-state index contributed by atoms with van der Waals surface area (Å²) in [6.07, 6.45) is 3.31. The molecule has 170 valence electrons. The average Bonchev–Trinajstić information content (AvgIpc) is 2.65. The molecule has 1 aromatic carbocycles. The van der Waals surface area contributed by atoms with Gasteiger partial charge in [-0.2, -0.15) is 0 Å². The van der Waals surface area contributed by atoms with Crippen LogP contribution in [0.5, 0.6) is 0 Å². The molecule has 1 aliphatic carbocycles. The summed E-state index contributed by atoms with van der Waals surface area (Å²) in [4.78, 5) is 40.3. The van der Waals surface area contributed by atoms with Crippen molar-refractivity contribution in [1.82, 2.24) is 4.90 Å². The topological polar surface area (TPSA) is 105 Å². The van der Waals surface area contributed by atoms with E-state index in [1.807, 2.05) is 18.7 Å². The summed E-state index contributed by atoms with van der Waals surface area (Å²) < 4.78 is 19.8. The molecule has 0 unspecified atom stereocenters. The van der Waals surface area contributed by atoms with E-state index in [9.17, 15) is 18.8 Å². The zero-order valence-electron chi connectivity index (χ0n) is 18.1. The zero-order valence-corrected chi connectivity index (χ0v) is 18.1. The van der Waals surface area contributed by atoms with Gasteiger partial charge >= 0.3 is 0 Å². The van der Waals surface area contributed by atoms with Crippen molar-refractivity contribution in [3.63, 3.8) is 0 Å². The number of primary amides is 1. The Bertz CT molecular complexity index is 828. The zero-order chi connectivity index (χ0) is 22.5. The first-order valence-electron chi connectivity index (χ1n) is 10.8. The van der Waals surface area contributed by atoms with E-state index in [0.717, 1.165) is 25.3 Å². The van der Waals surface area contributed by atoms with Crippen LogP contribution in [-0.2, 0) is 19.1 Å². The summed E-state index contributed by atoms with van der Waals surface area (Å²) in [7, 11) is 0. The number of ether oxygens (including phenoxy) is 1. The molecule has 1 atom stereocenters. The largest absolute Gasteiger partial charge is 0.370 e. The third-order valence-corrected chi connectivity index (χ3v) is 5.69. The van der Waals surface area contributed by atoms with Crippen molar-refractivity contribution in [2.24, 2.45) is 17.6 Å². The van der Waals surface area contributed by atoms with Crippen molar-refractivity contribution in [2.45, 2.75) is 39.2 Å². The molecular formula is C22H31FN4O4. The fourth-order valence-corrected chi connectivity index (χ4v) is 4.02. The molecular weight excluding hydrogens is 403 g/mol. The van der Waals surface area contributed by atoms with Crippen LogP contribution in [0.25, 0.3) is 0 Å². The van der Waals surface area contributed by atoms with Crippen molar-refractivity contribution in [2.75, 3.05) is 43.1 Å². The molecule has 1 aromatic rings. The van der Waals surface area contributed by atoms with Gasteiger partial charge in [0.2, 0.25) is 5.91 Å². The molecule has 3 N–H and O–H groups in total. The van der Waals surface area contributed by atoms with Crippen LogP contribution in [0.1, 0.15) is 33.1 Å². The maximum atomic E-state index is 14.7. The lowest BCUT2D eigenvalue weighted by molar-refractivity contribution is -0.133. The van der Waals surface area contributed by atoms with Crippen LogP contribution in [0.4, 0.5) is 15.8 Å². The number of hydrogen-bond acceptors (Lipinski definition) is 5. The summed E-state index contributed by atoms with van der Waals surface area (Å²) in [5.74, 6) is -1.57. The first kappa shape index (κ1) is 23.1. The number of nitrogens with two attached hydrogens (primary N) is 1. The van der Waals surface area contributed by atoms with Gasteiger partial charge in [-0.25, -0.2) is 4.39 Å². The Morgan fingerprint density at radius 3 is 2.65 bits per heavy atom. The van der Waals surface area contributed by atoms with E-state index in [0.29, 0.717) is 25.6 Å². The number of carbonyl (C=O) groups excluding carboxylic acids is 3. The van der Waals surface area contributed by atoms with Crippen molar-refractivity contribution in [1.29, 1.82) is 0 Å². The van der Waals surface area contributed by atoms with Gasteiger partial charge in [-0.15, -0.1) is 0 Å². The Morgan fingerprint density at radius 2 is 2.10 bits per heavy atom. The summed E-state index contributed by atoms with van der Waals surface area (Å²) in [5, 5.41) is 2.62. The highest BCUT2D eigenvalue weighted by molar-refractivity contribution is 6.09. The molecule has 1 aliphatic heterocycles. The van der Waals surface area contributed by atoms with Gasteiger partial charge < -0.3 is 20.7 Å². The summed E-state index contributed by atoms with van der Waals surface area (Å²) in [6, 6.07) is 2.96. The molecule has 1 saturated carbocycles. The number of halogens is 1. The molecule has 3 rings (SSSR count). The summed E-state index contributed by atoms with van der Waals surface area (Å²) >= 11 is 0. The standard InChI is InChI=1S/C22H31FN4O4/c1-14(2)11-26(12-15-4-3-5-15)20(21(24)29)22(30)25-16-6-7-18(17(23)10-16)27-8-9-31-13-19(27)28/h6-7,10,14-15,20H,3-5,8-9,11-13H2,1-2H3,(H2,24,29)(H,25,30)/t20-/m1/s1. The molecule has 8 nitrogen and oxygen atoms in total. The van der Waals surface area contributed by atoms with E-state index in [-0.39, 0.29) is 36.4 Å². The molecule has 0 radical (unpaired) electrons. The van der Waals surface area contributed by atoms with Gasteiger partial charge in [-0.3, -0.25) is 19.3 Å². The molecule has 3 amide bonds. The van der Waals surface area contributed by atoms with E-state index >= 15 is 0 Å². The van der Waals surface area contributed by atoms with Gasteiger partial charge in [-0.05, 0) is 42.9 Å². The SMILES string of the molecule is CC(C)CN(CC1CCC1)[C@H](C(N)=O)C(=O)Nc1ccc(N2CCOCC2=O)c(F)c1. The third kappa shape index (κ3) is 5.80. The van der Waals surface area contributed by atoms with E-state index in [2.05, 4.69) is 5.32 Å². The summed E-state index contributed by atoms with van der Waals surface area (Å²) in [6.45, 7) is 5.73. The van der Waals surface area contributed by atoms with Crippen LogP contribution in [-0.4, -0.2) is 61.5 Å². The van der Waals surface area contributed by atoms with Gasteiger partial charge in [-0.1, -0.05) is 20.3 Å². The predicted octanol–water partition coefficient (Wildman–Crippen LogP) is 1.74. The number of nitrogens with zero attached hydrogens (tertiary/aromatic N) is 2. The van der Waals surface area contributed by atoms with E-state index in [4.69, 9.17) is 10.5 Å². The quantitative estimate of drug-likeness (QED) is 0.576. The second-order valence-electron chi connectivity index (χ2n) is 8.70. The molecule has 1 saturated heterocycles. The van der Waals surface area contributed by atoms with Crippen LogP contribution < -0.4 is 16.0 Å². The third-order valence-electron chi connectivity index (χ3n) is 5.69. The van der Waals surface area contributed by atoms with Crippen LogP contribution >= 0.6 is 0 Å². The highest BCUT2D eigenvalue weighted by Crippen LogP contribution is 2.28. The van der Waals surface area contributed by atoms with Crippen LogP contribution in [0.15, 0.2) is 18.2 Å². The second-order valence-corrected chi connectivity index (χ2v) is 8.70. The van der Waals surface area contributed by atoms with Gasteiger partial charge in [0.1, 0.15) is 12.4 Å².